The van der Waals surface area contributed by atoms with Crippen LogP contribution in [0.5, 0.6) is 0 Å². The average molecular weight is 337 g/mol. The van der Waals surface area contributed by atoms with E-state index in [0.717, 1.165) is 18.2 Å². The van der Waals surface area contributed by atoms with E-state index in [1.165, 1.54) is 0 Å². The predicted octanol–water partition coefficient (Wildman–Crippen LogP) is 1.85. The number of carbonyl (C=O) groups is 2. The molecule has 22 heavy (non-hydrogen) atoms. The van der Waals surface area contributed by atoms with Crippen molar-refractivity contribution in [3.05, 3.63) is 35.4 Å². The van der Waals surface area contributed by atoms with Crippen molar-refractivity contribution < 1.29 is 23.5 Å². The summed E-state index contributed by atoms with van der Waals surface area (Å²) >= 11 is 0. The van der Waals surface area contributed by atoms with E-state index in [1.807, 2.05) is 6.92 Å². The molecule has 0 aliphatic rings. The van der Waals surface area contributed by atoms with Crippen LogP contribution in [0.15, 0.2) is 18.2 Å². The van der Waals surface area contributed by atoms with Gasteiger partial charge in [0.25, 0.3) is 0 Å². The summed E-state index contributed by atoms with van der Waals surface area (Å²) in [6.45, 7) is 1.64. The molecule has 1 aromatic rings. The van der Waals surface area contributed by atoms with E-state index >= 15 is 0 Å². The molecular formula is C14H19ClF2N2O3. The molecule has 1 atom stereocenters. The van der Waals surface area contributed by atoms with Crippen LogP contribution in [0.25, 0.3) is 0 Å². The molecule has 1 rings (SSSR count). The molecule has 0 fully saturated rings. The molecule has 1 aromatic carbocycles. The van der Waals surface area contributed by atoms with Gasteiger partial charge in [-0.15, -0.1) is 12.4 Å². The van der Waals surface area contributed by atoms with E-state index in [-0.39, 0.29) is 25.5 Å². The number of aliphatic carboxylic acids is 1. The van der Waals surface area contributed by atoms with E-state index < -0.39 is 29.6 Å². The van der Waals surface area contributed by atoms with Gasteiger partial charge in [0.1, 0.15) is 17.7 Å². The minimum atomic E-state index is -1.02. The summed E-state index contributed by atoms with van der Waals surface area (Å²) in [7, 11) is 0. The number of carboxylic acids is 1. The highest BCUT2D eigenvalue weighted by Gasteiger charge is 2.16. The van der Waals surface area contributed by atoms with Gasteiger partial charge in [-0.1, -0.05) is 13.3 Å². The number of hydrogen-bond acceptors (Lipinski definition) is 3. The van der Waals surface area contributed by atoms with Gasteiger partial charge in [0, 0.05) is 12.6 Å². The highest BCUT2D eigenvalue weighted by atomic mass is 35.5. The first-order valence-electron chi connectivity index (χ1n) is 6.60. The van der Waals surface area contributed by atoms with Crippen LogP contribution in [-0.2, 0) is 16.1 Å². The van der Waals surface area contributed by atoms with Gasteiger partial charge in [-0.3, -0.25) is 14.9 Å². The Balaban J connectivity index is 0.00000441. The SMILES string of the molecule is CCCC(NCC(=O)NCc1cc(F)cc(F)c1)C(=O)O.Cl. The number of amides is 1. The minimum Gasteiger partial charge on any atom is -0.480 e. The highest BCUT2D eigenvalue weighted by molar-refractivity contribution is 5.85. The summed E-state index contributed by atoms with van der Waals surface area (Å²) in [5.41, 5.74) is 0.296. The van der Waals surface area contributed by atoms with E-state index in [1.54, 1.807) is 0 Å². The third-order valence-corrected chi connectivity index (χ3v) is 2.80. The summed E-state index contributed by atoms with van der Waals surface area (Å²) in [6.07, 6.45) is 1.09. The molecule has 0 spiro atoms. The lowest BCUT2D eigenvalue weighted by atomic mass is 10.1. The van der Waals surface area contributed by atoms with Crippen molar-refractivity contribution in [2.45, 2.75) is 32.4 Å². The fraction of sp³-hybridized carbons (Fsp3) is 0.429. The van der Waals surface area contributed by atoms with Gasteiger partial charge in [0.2, 0.25) is 5.91 Å². The Morgan fingerprint density at radius 3 is 2.32 bits per heavy atom. The zero-order chi connectivity index (χ0) is 15.8. The molecule has 3 N–H and O–H groups in total. The van der Waals surface area contributed by atoms with Gasteiger partial charge in [0.05, 0.1) is 6.54 Å². The first kappa shape index (κ1) is 20.3. The molecule has 0 saturated carbocycles. The summed E-state index contributed by atoms with van der Waals surface area (Å²) < 4.78 is 25.9. The summed E-state index contributed by atoms with van der Waals surface area (Å²) in [5, 5.41) is 14.0. The molecule has 0 aromatic heterocycles. The van der Waals surface area contributed by atoms with Crippen LogP contribution in [0.3, 0.4) is 0 Å². The van der Waals surface area contributed by atoms with Crippen molar-refractivity contribution >= 4 is 24.3 Å². The van der Waals surface area contributed by atoms with E-state index in [2.05, 4.69) is 10.6 Å². The summed E-state index contributed by atoms with van der Waals surface area (Å²) in [4.78, 5) is 22.4. The topological polar surface area (TPSA) is 78.4 Å². The van der Waals surface area contributed by atoms with Crippen molar-refractivity contribution in [2.24, 2.45) is 0 Å². The molecule has 0 heterocycles. The quantitative estimate of drug-likeness (QED) is 0.677. The molecule has 1 amide bonds. The van der Waals surface area contributed by atoms with Gasteiger partial charge in [-0.25, -0.2) is 8.78 Å². The Morgan fingerprint density at radius 1 is 1.23 bits per heavy atom. The molecule has 0 aliphatic heterocycles. The third-order valence-electron chi connectivity index (χ3n) is 2.80. The molecular weight excluding hydrogens is 318 g/mol. The van der Waals surface area contributed by atoms with Crippen molar-refractivity contribution in [3.8, 4) is 0 Å². The van der Waals surface area contributed by atoms with E-state index in [9.17, 15) is 18.4 Å². The molecule has 5 nitrogen and oxygen atoms in total. The Labute approximate surface area is 133 Å². The smallest absolute Gasteiger partial charge is 0.320 e. The highest BCUT2D eigenvalue weighted by Crippen LogP contribution is 2.07. The first-order valence-corrected chi connectivity index (χ1v) is 6.60. The maximum atomic E-state index is 12.9. The molecule has 8 heteroatoms. The van der Waals surface area contributed by atoms with E-state index in [0.29, 0.717) is 18.4 Å². The van der Waals surface area contributed by atoms with Crippen LogP contribution >= 0.6 is 12.4 Å². The van der Waals surface area contributed by atoms with Crippen molar-refractivity contribution in [3.63, 3.8) is 0 Å². The van der Waals surface area contributed by atoms with Crippen molar-refractivity contribution in [1.82, 2.24) is 10.6 Å². The van der Waals surface area contributed by atoms with Gasteiger partial charge in [0.15, 0.2) is 0 Å². The van der Waals surface area contributed by atoms with Crippen molar-refractivity contribution in [2.75, 3.05) is 6.54 Å². The second-order valence-electron chi connectivity index (χ2n) is 4.61. The Kier molecular flexibility index (Phi) is 9.28. The zero-order valence-corrected chi connectivity index (χ0v) is 12.9. The summed E-state index contributed by atoms with van der Waals surface area (Å²) in [6, 6.07) is 2.20. The lowest BCUT2D eigenvalue weighted by molar-refractivity contribution is -0.139. The van der Waals surface area contributed by atoms with Crippen LogP contribution in [-0.4, -0.2) is 29.6 Å². The van der Waals surface area contributed by atoms with Crippen LogP contribution in [0.1, 0.15) is 25.3 Å². The maximum Gasteiger partial charge on any atom is 0.320 e. The Bertz CT molecular complexity index is 495. The number of rotatable bonds is 8. The number of carbonyl (C=O) groups excluding carboxylic acids is 1. The standard InChI is InChI=1S/C14H18F2N2O3.ClH/c1-2-3-12(14(20)21)17-8-13(19)18-7-9-4-10(15)6-11(16)5-9;/h4-6,12,17H,2-3,7-8H2,1H3,(H,18,19)(H,20,21);1H. The molecule has 124 valence electrons. The maximum absolute atomic E-state index is 12.9. The fourth-order valence-electron chi connectivity index (χ4n) is 1.79. The number of carboxylic acid groups (broad SMARTS) is 1. The third kappa shape index (κ3) is 7.33. The van der Waals surface area contributed by atoms with Crippen molar-refractivity contribution in [1.29, 1.82) is 0 Å². The van der Waals surface area contributed by atoms with Gasteiger partial charge in [-0.2, -0.15) is 0 Å². The number of benzene rings is 1. The number of nitrogens with one attached hydrogen (secondary N) is 2. The summed E-state index contributed by atoms with van der Waals surface area (Å²) in [5.74, 6) is -2.89. The Morgan fingerprint density at radius 2 is 1.82 bits per heavy atom. The largest absolute Gasteiger partial charge is 0.480 e. The van der Waals surface area contributed by atoms with Crippen LogP contribution in [0.2, 0.25) is 0 Å². The zero-order valence-electron chi connectivity index (χ0n) is 12.1. The fourth-order valence-corrected chi connectivity index (χ4v) is 1.79. The molecule has 0 saturated heterocycles. The molecule has 0 radical (unpaired) electrons. The van der Waals surface area contributed by atoms with Gasteiger partial charge < -0.3 is 10.4 Å². The predicted molar refractivity (Wildman–Crippen MR) is 79.8 cm³/mol. The lowest BCUT2D eigenvalue weighted by Gasteiger charge is -2.13. The molecule has 1 unspecified atom stereocenters. The minimum absolute atomic E-state index is 0. The second kappa shape index (κ2) is 10.1. The van der Waals surface area contributed by atoms with E-state index in [4.69, 9.17) is 5.11 Å². The van der Waals surface area contributed by atoms with Crippen LogP contribution in [0, 0.1) is 11.6 Å². The Hall–Kier alpha value is -1.73. The van der Waals surface area contributed by atoms with Crippen LogP contribution < -0.4 is 10.6 Å². The first-order chi connectivity index (χ1) is 9.92. The lowest BCUT2D eigenvalue weighted by Crippen LogP contribution is -2.42. The normalized spacial score (nSPS) is 11.4. The molecule has 0 bridgehead atoms. The van der Waals surface area contributed by atoms with Crippen LogP contribution in [0.4, 0.5) is 8.78 Å². The molecule has 0 aliphatic carbocycles. The van der Waals surface area contributed by atoms with Gasteiger partial charge in [-0.05, 0) is 24.1 Å². The average Bonchev–Trinajstić information content (AvgIpc) is 2.39. The number of halogens is 3. The number of hydrogen-bond donors (Lipinski definition) is 3. The second-order valence-corrected chi connectivity index (χ2v) is 4.61. The monoisotopic (exact) mass is 336 g/mol. The van der Waals surface area contributed by atoms with Gasteiger partial charge >= 0.3 is 5.97 Å².